The van der Waals surface area contributed by atoms with Gasteiger partial charge in [-0.05, 0) is 26.0 Å². The molecule has 0 radical (unpaired) electrons. The van der Waals surface area contributed by atoms with E-state index in [1.165, 1.54) is 16.9 Å². The summed E-state index contributed by atoms with van der Waals surface area (Å²) in [6.07, 6.45) is 3.13. The van der Waals surface area contributed by atoms with Crippen molar-refractivity contribution >= 4 is 23.2 Å². The number of amides is 1. The van der Waals surface area contributed by atoms with Gasteiger partial charge in [-0.1, -0.05) is 17.7 Å². The van der Waals surface area contributed by atoms with Crippen LogP contribution in [0.5, 0.6) is 0 Å². The highest BCUT2D eigenvalue weighted by Crippen LogP contribution is 2.21. The van der Waals surface area contributed by atoms with Crippen molar-refractivity contribution in [2.45, 2.75) is 20.4 Å². The van der Waals surface area contributed by atoms with Crippen LogP contribution in [0.4, 0.5) is 10.1 Å². The smallest absolute Gasteiger partial charge is 0.259 e. The van der Waals surface area contributed by atoms with Gasteiger partial charge < -0.3 is 5.32 Å². The molecule has 0 aliphatic heterocycles. The summed E-state index contributed by atoms with van der Waals surface area (Å²) >= 11 is 6.03. The molecule has 25 heavy (non-hydrogen) atoms. The van der Waals surface area contributed by atoms with Gasteiger partial charge in [0, 0.05) is 29.5 Å². The van der Waals surface area contributed by atoms with Crippen molar-refractivity contribution in [3.05, 3.63) is 63.9 Å². The number of hydrogen-bond acceptors (Lipinski definition) is 3. The molecule has 6 nitrogen and oxygen atoms in total. The van der Waals surface area contributed by atoms with Gasteiger partial charge in [-0.25, -0.2) is 4.39 Å². The first-order chi connectivity index (χ1) is 11.9. The van der Waals surface area contributed by atoms with E-state index in [1.54, 1.807) is 37.0 Å². The molecule has 2 aromatic heterocycles. The Kier molecular flexibility index (Phi) is 4.59. The summed E-state index contributed by atoms with van der Waals surface area (Å²) in [7, 11) is 1.79. The largest absolute Gasteiger partial charge is 0.319 e. The van der Waals surface area contributed by atoms with Crippen molar-refractivity contribution in [3.63, 3.8) is 0 Å². The minimum absolute atomic E-state index is 0.173. The average Bonchev–Trinajstić information content (AvgIpc) is 3.08. The van der Waals surface area contributed by atoms with Gasteiger partial charge in [0.15, 0.2) is 0 Å². The fourth-order valence-electron chi connectivity index (χ4n) is 2.66. The summed E-state index contributed by atoms with van der Waals surface area (Å²) in [6.45, 7) is 3.79. The molecule has 0 saturated heterocycles. The normalized spacial score (nSPS) is 10.9. The predicted molar refractivity (Wildman–Crippen MR) is 93.4 cm³/mol. The molecule has 2 heterocycles. The number of rotatable bonds is 4. The Balaban J connectivity index is 1.77. The van der Waals surface area contributed by atoms with Crippen molar-refractivity contribution in [1.82, 2.24) is 19.6 Å². The fourth-order valence-corrected chi connectivity index (χ4v) is 2.88. The number of carbonyl (C=O) groups excluding carboxylic acids is 1. The Labute approximate surface area is 149 Å². The highest BCUT2D eigenvalue weighted by molar-refractivity contribution is 6.31. The fraction of sp³-hybridized carbons (Fsp3) is 0.235. The zero-order chi connectivity index (χ0) is 18.1. The quantitative estimate of drug-likeness (QED) is 0.775. The van der Waals surface area contributed by atoms with E-state index in [0.29, 0.717) is 27.5 Å². The van der Waals surface area contributed by atoms with Crippen LogP contribution in [0.25, 0.3) is 0 Å². The Morgan fingerprint density at radius 1 is 1.36 bits per heavy atom. The van der Waals surface area contributed by atoms with E-state index >= 15 is 0 Å². The molecule has 1 N–H and O–H groups in total. The van der Waals surface area contributed by atoms with E-state index < -0.39 is 5.82 Å². The molecular formula is C17H17ClFN5O. The Morgan fingerprint density at radius 2 is 2.12 bits per heavy atom. The van der Waals surface area contributed by atoms with Crippen molar-refractivity contribution in [2.24, 2.45) is 7.05 Å². The number of carbonyl (C=O) groups is 1. The van der Waals surface area contributed by atoms with Crippen molar-refractivity contribution in [2.75, 3.05) is 5.32 Å². The maximum Gasteiger partial charge on any atom is 0.259 e. The van der Waals surface area contributed by atoms with Gasteiger partial charge in [0.05, 0.1) is 29.7 Å². The standard InChI is InChI=1S/C17H17ClFN5O/c1-10-16(11(2)23(3)22-10)17(25)21-12-7-20-24(8-12)9-13-14(18)5-4-6-15(13)19/h4-8H,9H2,1-3H3,(H,21,25). The van der Waals surface area contributed by atoms with Crippen molar-refractivity contribution in [1.29, 1.82) is 0 Å². The molecule has 0 atom stereocenters. The number of benzene rings is 1. The molecule has 1 amide bonds. The van der Waals surface area contributed by atoms with E-state index in [9.17, 15) is 9.18 Å². The lowest BCUT2D eigenvalue weighted by Crippen LogP contribution is -2.13. The summed E-state index contributed by atoms with van der Waals surface area (Å²) in [5.41, 5.74) is 2.83. The second-order valence-corrected chi connectivity index (χ2v) is 6.16. The number of aromatic nitrogens is 4. The predicted octanol–water partition coefficient (Wildman–Crippen LogP) is 3.33. The molecule has 0 aliphatic carbocycles. The molecule has 0 unspecified atom stereocenters. The molecule has 130 valence electrons. The van der Waals surface area contributed by atoms with Crippen LogP contribution in [0.2, 0.25) is 5.02 Å². The first-order valence-electron chi connectivity index (χ1n) is 7.63. The van der Waals surface area contributed by atoms with Gasteiger partial charge in [-0.2, -0.15) is 10.2 Å². The van der Waals surface area contributed by atoms with E-state index in [1.807, 2.05) is 6.92 Å². The number of halogens is 2. The van der Waals surface area contributed by atoms with Crippen LogP contribution in [0, 0.1) is 19.7 Å². The first kappa shape index (κ1) is 17.2. The highest BCUT2D eigenvalue weighted by Gasteiger charge is 2.18. The highest BCUT2D eigenvalue weighted by atomic mass is 35.5. The molecular weight excluding hydrogens is 345 g/mol. The molecule has 0 fully saturated rings. The molecule has 3 aromatic rings. The first-order valence-corrected chi connectivity index (χ1v) is 8.01. The SMILES string of the molecule is Cc1nn(C)c(C)c1C(=O)Nc1cnn(Cc2c(F)cccc2Cl)c1. The Morgan fingerprint density at radius 3 is 2.76 bits per heavy atom. The number of nitrogens with zero attached hydrogens (tertiary/aromatic N) is 4. The average molecular weight is 362 g/mol. The summed E-state index contributed by atoms with van der Waals surface area (Å²) in [5.74, 6) is -0.651. The number of nitrogens with one attached hydrogen (secondary N) is 1. The summed E-state index contributed by atoms with van der Waals surface area (Å²) in [5, 5.41) is 11.5. The maximum atomic E-state index is 13.9. The minimum Gasteiger partial charge on any atom is -0.319 e. The van der Waals surface area contributed by atoms with Crippen LogP contribution in [0.1, 0.15) is 27.3 Å². The molecule has 0 aliphatic rings. The molecule has 0 spiro atoms. The van der Waals surface area contributed by atoms with Gasteiger partial charge in [0.1, 0.15) is 5.82 Å². The third kappa shape index (κ3) is 3.41. The molecule has 0 bridgehead atoms. The van der Waals surface area contributed by atoms with Gasteiger partial charge in [0.25, 0.3) is 5.91 Å². The third-order valence-corrected chi connectivity index (χ3v) is 4.36. The number of aryl methyl sites for hydroxylation is 2. The zero-order valence-electron chi connectivity index (χ0n) is 14.0. The third-order valence-electron chi connectivity index (χ3n) is 4.01. The van der Waals surface area contributed by atoms with E-state index in [4.69, 9.17) is 11.6 Å². The molecule has 3 rings (SSSR count). The lowest BCUT2D eigenvalue weighted by Gasteiger charge is -2.06. The zero-order valence-corrected chi connectivity index (χ0v) is 14.8. The van der Waals surface area contributed by atoms with Gasteiger partial charge in [0.2, 0.25) is 0 Å². The van der Waals surface area contributed by atoms with E-state index in [2.05, 4.69) is 15.5 Å². The van der Waals surface area contributed by atoms with Crippen LogP contribution < -0.4 is 5.32 Å². The number of hydrogen-bond donors (Lipinski definition) is 1. The number of anilines is 1. The van der Waals surface area contributed by atoms with Crippen molar-refractivity contribution < 1.29 is 9.18 Å². The van der Waals surface area contributed by atoms with Crippen LogP contribution in [0.3, 0.4) is 0 Å². The lowest BCUT2D eigenvalue weighted by atomic mass is 10.2. The van der Waals surface area contributed by atoms with Gasteiger partial charge >= 0.3 is 0 Å². The van der Waals surface area contributed by atoms with E-state index in [0.717, 1.165) is 5.69 Å². The van der Waals surface area contributed by atoms with Crippen LogP contribution in [-0.4, -0.2) is 25.5 Å². The molecule has 0 saturated carbocycles. The Bertz CT molecular complexity index is 926. The maximum absolute atomic E-state index is 13.9. The van der Waals surface area contributed by atoms with Crippen molar-refractivity contribution in [3.8, 4) is 0 Å². The second kappa shape index (κ2) is 6.68. The summed E-state index contributed by atoms with van der Waals surface area (Å²) in [6, 6.07) is 4.52. The van der Waals surface area contributed by atoms with Gasteiger partial charge in [-0.15, -0.1) is 0 Å². The summed E-state index contributed by atoms with van der Waals surface area (Å²) in [4.78, 5) is 12.5. The van der Waals surface area contributed by atoms with E-state index in [-0.39, 0.29) is 12.5 Å². The van der Waals surface area contributed by atoms with Crippen LogP contribution in [-0.2, 0) is 13.6 Å². The topological polar surface area (TPSA) is 64.7 Å². The lowest BCUT2D eigenvalue weighted by molar-refractivity contribution is 0.102. The molecule has 1 aromatic carbocycles. The van der Waals surface area contributed by atoms with Gasteiger partial charge in [-0.3, -0.25) is 14.2 Å². The minimum atomic E-state index is -0.393. The monoisotopic (exact) mass is 361 g/mol. The Hall–Kier alpha value is -2.67. The van der Waals surface area contributed by atoms with Crippen LogP contribution in [0.15, 0.2) is 30.6 Å². The molecule has 8 heteroatoms. The summed E-state index contributed by atoms with van der Waals surface area (Å²) < 4.78 is 17.0. The second-order valence-electron chi connectivity index (χ2n) is 5.75. The van der Waals surface area contributed by atoms with Crippen LogP contribution >= 0.6 is 11.6 Å².